The van der Waals surface area contributed by atoms with Crippen LogP contribution < -0.4 is 10.6 Å². The number of nitriles is 1. The molecule has 1 heterocycles. The maximum atomic E-state index is 11.8. The Labute approximate surface area is 143 Å². The highest BCUT2D eigenvalue weighted by atomic mass is 16.6. The fourth-order valence-electron chi connectivity index (χ4n) is 2.49. The zero-order valence-electron chi connectivity index (χ0n) is 14.7. The third-order valence-electron chi connectivity index (χ3n) is 4.01. The van der Waals surface area contributed by atoms with Crippen LogP contribution in [0.4, 0.5) is 0 Å². The summed E-state index contributed by atoms with van der Waals surface area (Å²) in [5.41, 5.74) is 0. The second kappa shape index (κ2) is 10.3. The lowest BCUT2D eigenvalue weighted by Gasteiger charge is -2.34. The van der Waals surface area contributed by atoms with Gasteiger partial charge in [0.2, 0.25) is 11.8 Å². The summed E-state index contributed by atoms with van der Waals surface area (Å²) in [6.07, 6.45) is 1.29. The third kappa shape index (κ3) is 7.75. The number of rotatable bonds is 8. The standard InChI is InChI=1S/C17H29N3O4/c1-11(2)4-7-15(21)19-10-13-5-6-14(17(23)24-13)20-16(22)8-12(3)9-18/h11-14,17,23H,4-8,10H2,1-3H3,(H,19,21)(H,20,22)/t12-,13+,14+,17?/m1/s1. The predicted octanol–water partition coefficient (Wildman–Crippen LogP) is 1.07. The van der Waals surface area contributed by atoms with E-state index in [4.69, 9.17) is 10.00 Å². The van der Waals surface area contributed by atoms with Gasteiger partial charge in [0.1, 0.15) is 0 Å². The minimum atomic E-state index is -1.10. The molecule has 1 aliphatic heterocycles. The molecule has 1 aliphatic rings. The minimum Gasteiger partial charge on any atom is -0.366 e. The summed E-state index contributed by atoms with van der Waals surface area (Å²) in [5.74, 6) is -0.156. The molecule has 3 N–H and O–H groups in total. The van der Waals surface area contributed by atoms with Crippen LogP contribution in [0.15, 0.2) is 0 Å². The molecule has 0 aromatic carbocycles. The van der Waals surface area contributed by atoms with Crippen LogP contribution in [0, 0.1) is 23.2 Å². The largest absolute Gasteiger partial charge is 0.366 e. The van der Waals surface area contributed by atoms with Crippen LogP contribution in [0.25, 0.3) is 0 Å². The zero-order valence-corrected chi connectivity index (χ0v) is 14.7. The molecule has 1 fully saturated rings. The van der Waals surface area contributed by atoms with Gasteiger partial charge in [-0.25, -0.2) is 0 Å². The van der Waals surface area contributed by atoms with Crippen LogP contribution >= 0.6 is 0 Å². The monoisotopic (exact) mass is 339 g/mol. The van der Waals surface area contributed by atoms with Gasteiger partial charge in [-0.1, -0.05) is 13.8 Å². The van der Waals surface area contributed by atoms with E-state index >= 15 is 0 Å². The summed E-state index contributed by atoms with van der Waals surface area (Å²) in [6, 6.07) is 1.53. The Morgan fingerprint density at radius 2 is 2.00 bits per heavy atom. The van der Waals surface area contributed by atoms with Crippen LogP contribution in [0.3, 0.4) is 0 Å². The van der Waals surface area contributed by atoms with Crippen molar-refractivity contribution in [1.29, 1.82) is 5.26 Å². The predicted molar refractivity (Wildman–Crippen MR) is 88.5 cm³/mol. The number of aliphatic hydroxyl groups is 1. The van der Waals surface area contributed by atoms with Crippen LogP contribution in [-0.4, -0.2) is 41.9 Å². The molecule has 0 saturated carbocycles. The van der Waals surface area contributed by atoms with Crippen molar-refractivity contribution in [2.45, 2.75) is 71.3 Å². The lowest BCUT2D eigenvalue weighted by atomic mass is 10.0. The Balaban J connectivity index is 2.29. The first kappa shape index (κ1) is 20.4. The fourth-order valence-corrected chi connectivity index (χ4v) is 2.49. The van der Waals surface area contributed by atoms with E-state index in [0.29, 0.717) is 31.7 Å². The first-order chi connectivity index (χ1) is 11.3. The maximum absolute atomic E-state index is 11.8. The van der Waals surface area contributed by atoms with Gasteiger partial charge >= 0.3 is 0 Å². The molecule has 24 heavy (non-hydrogen) atoms. The van der Waals surface area contributed by atoms with Gasteiger partial charge in [-0.2, -0.15) is 5.26 Å². The van der Waals surface area contributed by atoms with Crippen molar-refractivity contribution in [2.24, 2.45) is 11.8 Å². The molecule has 7 heteroatoms. The summed E-state index contributed by atoms with van der Waals surface area (Å²) in [4.78, 5) is 23.5. The SMILES string of the molecule is CC(C)CCC(=O)NC[C@@H]1CC[C@H](NC(=O)C[C@@H](C)C#N)C(O)O1. The Hall–Kier alpha value is -1.65. The smallest absolute Gasteiger partial charge is 0.221 e. The van der Waals surface area contributed by atoms with Gasteiger partial charge in [-0.15, -0.1) is 0 Å². The molecule has 2 amide bonds. The topological polar surface area (TPSA) is 111 Å². The highest BCUT2D eigenvalue weighted by molar-refractivity contribution is 5.77. The Morgan fingerprint density at radius 1 is 1.29 bits per heavy atom. The number of nitrogens with one attached hydrogen (secondary N) is 2. The van der Waals surface area contributed by atoms with Crippen LogP contribution in [-0.2, 0) is 14.3 Å². The number of hydrogen-bond acceptors (Lipinski definition) is 5. The number of hydrogen-bond donors (Lipinski definition) is 3. The second-order valence-electron chi connectivity index (χ2n) is 6.87. The van der Waals surface area contributed by atoms with E-state index in [1.54, 1.807) is 6.92 Å². The summed E-state index contributed by atoms with van der Waals surface area (Å²) in [7, 11) is 0. The average Bonchev–Trinajstić information content (AvgIpc) is 2.53. The molecular weight excluding hydrogens is 310 g/mol. The molecule has 0 spiro atoms. The Kier molecular flexibility index (Phi) is 8.72. The van der Waals surface area contributed by atoms with Crippen molar-refractivity contribution >= 4 is 11.8 Å². The van der Waals surface area contributed by atoms with Gasteiger partial charge in [0, 0.05) is 19.4 Å². The van der Waals surface area contributed by atoms with Gasteiger partial charge in [-0.3, -0.25) is 9.59 Å². The van der Waals surface area contributed by atoms with Gasteiger partial charge in [0.25, 0.3) is 0 Å². The summed E-state index contributed by atoms with van der Waals surface area (Å²) in [5, 5.41) is 24.2. The van der Waals surface area contributed by atoms with E-state index in [2.05, 4.69) is 24.5 Å². The molecule has 0 aliphatic carbocycles. The van der Waals surface area contributed by atoms with Crippen LogP contribution in [0.5, 0.6) is 0 Å². The number of carbonyl (C=O) groups excluding carboxylic acids is 2. The first-order valence-electron chi connectivity index (χ1n) is 8.61. The number of ether oxygens (including phenoxy) is 1. The molecule has 1 unspecified atom stereocenters. The van der Waals surface area contributed by atoms with E-state index in [-0.39, 0.29) is 30.3 Å². The molecule has 0 aromatic rings. The fraction of sp³-hybridized carbons (Fsp3) is 0.824. The van der Waals surface area contributed by atoms with Crippen molar-refractivity contribution in [3.05, 3.63) is 0 Å². The Bertz CT molecular complexity index is 461. The molecule has 4 atom stereocenters. The molecule has 1 saturated heterocycles. The first-order valence-corrected chi connectivity index (χ1v) is 8.61. The van der Waals surface area contributed by atoms with Crippen molar-refractivity contribution in [3.63, 3.8) is 0 Å². The minimum absolute atomic E-state index is 0.0114. The van der Waals surface area contributed by atoms with Crippen LogP contribution in [0.2, 0.25) is 0 Å². The number of aliphatic hydroxyl groups excluding tert-OH is 1. The molecule has 0 radical (unpaired) electrons. The number of nitrogens with zero attached hydrogens (tertiary/aromatic N) is 1. The lowest BCUT2D eigenvalue weighted by molar-refractivity contribution is -0.179. The summed E-state index contributed by atoms with van der Waals surface area (Å²) < 4.78 is 5.47. The van der Waals surface area contributed by atoms with Crippen molar-refractivity contribution in [1.82, 2.24) is 10.6 Å². The second-order valence-corrected chi connectivity index (χ2v) is 6.87. The normalized spacial score (nSPS) is 24.9. The Morgan fingerprint density at radius 3 is 2.58 bits per heavy atom. The van der Waals surface area contributed by atoms with E-state index in [0.717, 1.165) is 6.42 Å². The van der Waals surface area contributed by atoms with Crippen molar-refractivity contribution < 1.29 is 19.4 Å². The summed E-state index contributed by atoms with van der Waals surface area (Å²) in [6.45, 7) is 6.17. The maximum Gasteiger partial charge on any atom is 0.221 e. The average molecular weight is 339 g/mol. The highest BCUT2D eigenvalue weighted by Crippen LogP contribution is 2.18. The molecule has 1 rings (SSSR count). The van der Waals surface area contributed by atoms with E-state index in [1.165, 1.54) is 0 Å². The molecule has 0 bridgehead atoms. The molecule has 0 aromatic heterocycles. The van der Waals surface area contributed by atoms with E-state index in [1.807, 2.05) is 6.07 Å². The van der Waals surface area contributed by atoms with Crippen LogP contribution in [0.1, 0.15) is 52.9 Å². The lowest BCUT2D eigenvalue weighted by Crippen LogP contribution is -2.51. The van der Waals surface area contributed by atoms with Gasteiger partial charge in [-0.05, 0) is 32.1 Å². The van der Waals surface area contributed by atoms with Gasteiger partial charge < -0.3 is 20.5 Å². The number of amides is 2. The molecule has 7 nitrogen and oxygen atoms in total. The van der Waals surface area contributed by atoms with Crippen molar-refractivity contribution in [2.75, 3.05) is 6.54 Å². The van der Waals surface area contributed by atoms with Crippen molar-refractivity contribution in [3.8, 4) is 6.07 Å². The van der Waals surface area contributed by atoms with E-state index in [9.17, 15) is 14.7 Å². The molecule has 136 valence electrons. The number of carbonyl (C=O) groups is 2. The zero-order chi connectivity index (χ0) is 18.1. The van der Waals surface area contributed by atoms with Gasteiger partial charge in [0.05, 0.1) is 24.1 Å². The quantitative estimate of drug-likeness (QED) is 0.612. The molecular formula is C17H29N3O4. The highest BCUT2D eigenvalue weighted by Gasteiger charge is 2.31. The summed E-state index contributed by atoms with van der Waals surface area (Å²) >= 11 is 0. The third-order valence-corrected chi connectivity index (χ3v) is 4.01. The van der Waals surface area contributed by atoms with Gasteiger partial charge in [0.15, 0.2) is 6.29 Å². The van der Waals surface area contributed by atoms with E-state index < -0.39 is 12.3 Å².